The van der Waals surface area contributed by atoms with Crippen LogP contribution in [0.1, 0.15) is 24.0 Å². The number of rotatable bonds is 11. The Bertz CT molecular complexity index is 5310. The Labute approximate surface area is 601 Å². The normalized spacial score (nSPS) is 18.3. The van der Waals surface area contributed by atoms with Crippen molar-refractivity contribution in [1.82, 2.24) is 53.6 Å². The Kier molecular flexibility index (Phi) is 17.8. The van der Waals surface area contributed by atoms with E-state index >= 15 is 0 Å². The van der Waals surface area contributed by atoms with Gasteiger partial charge in [-0.05, 0) is 123 Å². The first kappa shape index (κ1) is 67.2. The SMILES string of the molecule is CN1C(=O)C2Cc3ccccc3N2c2nc(Nc3ccc(S(N)(=O)=O)cc3)ncc21.CN1CCN(c2ccc(Nc3ncc4c(n3)N3c5ccccc5CC3C(=O)N4C)cc2)CC1.COc1cc(N2CCC(N3CCN(C)CC3)CC2)ccc1Nc1ncc2c(n1)n1c(cc3ccccc31)c(=O)n2C. The number of piperazine rings is 2. The maximum absolute atomic E-state index is 13.1. The molecule has 532 valence electrons. The molecule has 7 aliphatic rings. The molecule has 18 rings (SSSR count). The van der Waals surface area contributed by atoms with Gasteiger partial charge in [0, 0.05) is 151 Å². The van der Waals surface area contributed by atoms with Crippen LogP contribution in [0, 0.1) is 0 Å². The highest BCUT2D eigenvalue weighted by Gasteiger charge is 2.45. The number of amides is 2. The topological polar surface area (TPSA) is 273 Å². The number of nitrogens with one attached hydrogen (secondary N) is 3. The van der Waals surface area contributed by atoms with E-state index in [2.05, 4.69) is 128 Å². The molecule has 0 aliphatic carbocycles. The van der Waals surface area contributed by atoms with Gasteiger partial charge in [-0.15, -0.1) is 0 Å². The van der Waals surface area contributed by atoms with Gasteiger partial charge < -0.3 is 64.5 Å². The number of nitrogens with two attached hydrogens (primary N) is 1. The summed E-state index contributed by atoms with van der Waals surface area (Å²) in [6, 6.07) is 46.8. The molecule has 2 atom stereocenters. The van der Waals surface area contributed by atoms with Crippen LogP contribution in [0.15, 0.2) is 174 Å². The van der Waals surface area contributed by atoms with Gasteiger partial charge in [0.25, 0.3) is 5.56 Å². The number of sulfonamides is 1. The summed E-state index contributed by atoms with van der Waals surface area (Å²) in [5.74, 6) is 3.52. The molecule has 28 heteroatoms. The van der Waals surface area contributed by atoms with E-state index in [0.29, 0.717) is 70.6 Å². The number of hydrogen-bond donors (Lipinski definition) is 4. The molecule has 6 aromatic carbocycles. The minimum atomic E-state index is -3.76. The molecular weight excluding hydrogens is 1340 g/mol. The Balaban J connectivity index is 0.000000122. The number of ether oxygens (including phenoxy) is 1. The lowest BCUT2D eigenvalue weighted by Crippen LogP contribution is -2.52. The molecule has 7 aliphatic heterocycles. The van der Waals surface area contributed by atoms with Gasteiger partial charge >= 0.3 is 0 Å². The predicted octanol–water partition coefficient (Wildman–Crippen LogP) is 8.62. The average molecular weight is 1420 g/mol. The number of nitrogens with zero attached hydrogens (tertiary/aromatic N) is 17. The quantitative estimate of drug-likeness (QED) is 0.0943. The third-order valence-electron chi connectivity index (χ3n) is 21.2. The van der Waals surface area contributed by atoms with Gasteiger partial charge in [0.05, 0.1) is 41.8 Å². The summed E-state index contributed by atoms with van der Waals surface area (Å²) in [6.45, 7) is 11.0. The molecule has 2 unspecified atom stereocenters. The number of benzene rings is 6. The van der Waals surface area contributed by atoms with Crippen LogP contribution in [0.2, 0.25) is 0 Å². The molecule has 3 saturated heterocycles. The zero-order valence-electron chi connectivity index (χ0n) is 58.8. The maximum atomic E-state index is 13.1. The Morgan fingerprint density at radius 2 is 1.01 bits per heavy atom. The number of likely N-dealkylation sites (N-methyl/N-ethyl adjacent to an activating group) is 4. The van der Waals surface area contributed by atoms with Crippen LogP contribution in [-0.4, -0.2) is 193 Å². The van der Waals surface area contributed by atoms with Gasteiger partial charge in [-0.3, -0.25) is 23.7 Å². The summed E-state index contributed by atoms with van der Waals surface area (Å²) in [7, 11) is 7.60. The van der Waals surface area contributed by atoms with Crippen LogP contribution < -0.4 is 60.8 Å². The number of anilines is 14. The highest BCUT2D eigenvalue weighted by Crippen LogP contribution is 2.47. The number of carbonyl (C=O) groups is 2. The number of methoxy groups -OCH3 is 1. The first-order chi connectivity index (χ1) is 50.4. The second-order valence-corrected chi connectivity index (χ2v) is 29.0. The monoisotopic (exact) mass is 1420 g/mol. The van der Waals surface area contributed by atoms with Gasteiger partial charge in [-0.25, -0.2) is 28.5 Å². The van der Waals surface area contributed by atoms with E-state index in [0.717, 1.165) is 109 Å². The summed E-state index contributed by atoms with van der Waals surface area (Å²) in [5, 5.41) is 15.9. The number of hydrogen-bond acceptors (Lipinski definition) is 22. The van der Waals surface area contributed by atoms with Gasteiger partial charge in [0.1, 0.15) is 40.2 Å². The fourth-order valence-corrected chi connectivity index (χ4v) is 15.8. The third-order valence-corrected chi connectivity index (χ3v) is 22.1. The van der Waals surface area contributed by atoms with E-state index in [-0.39, 0.29) is 34.4 Å². The second-order valence-electron chi connectivity index (χ2n) is 27.5. The zero-order chi connectivity index (χ0) is 71.7. The van der Waals surface area contributed by atoms with E-state index in [1.807, 2.05) is 82.1 Å². The number of aromatic nitrogens is 8. The van der Waals surface area contributed by atoms with Gasteiger partial charge in [0.15, 0.2) is 17.3 Å². The van der Waals surface area contributed by atoms with Crippen molar-refractivity contribution in [2.24, 2.45) is 12.2 Å². The van der Waals surface area contributed by atoms with Crippen LogP contribution in [0.3, 0.4) is 0 Å². The van der Waals surface area contributed by atoms with E-state index in [9.17, 15) is 22.8 Å². The van der Waals surface area contributed by atoms with Gasteiger partial charge in [-0.2, -0.15) is 15.0 Å². The zero-order valence-corrected chi connectivity index (χ0v) is 59.6. The Morgan fingerprint density at radius 3 is 1.59 bits per heavy atom. The Hall–Kier alpha value is -11.3. The molecule has 0 spiro atoms. The molecule has 27 nitrogen and oxygen atoms in total. The van der Waals surface area contributed by atoms with Crippen molar-refractivity contribution in [3.05, 3.63) is 186 Å². The van der Waals surface area contributed by atoms with Gasteiger partial charge in [-0.1, -0.05) is 54.6 Å². The fraction of sp³-hybridized carbons (Fsp3) is 0.303. The highest BCUT2D eigenvalue weighted by atomic mass is 32.2. The van der Waals surface area contributed by atoms with E-state index in [1.165, 1.54) is 55.0 Å². The van der Waals surface area contributed by atoms with E-state index in [4.69, 9.17) is 19.8 Å². The van der Waals surface area contributed by atoms with Gasteiger partial charge in [0.2, 0.25) is 39.7 Å². The van der Waals surface area contributed by atoms with E-state index in [1.54, 1.807) is 73.3 Å². The smallest absolute Gasteiger partial charge is 0.275 e. The second kappa shape index (κ2) is 27.5. The lowest BCUT2D eigenvalue weighted by Gasteiger charge is -2.42. The minimum absolute atomic E-state index is 0.00147. The molecule has 11 aromatic rings. The van der Waals surface area contributed by atoms with Crippen LogP contribution in [0.5, 0.6) is 5.75 Å². The lowest BCUT2D eigenvalue weighted by atomic mass is 10.0. The molecule has 3 fully saturated rings. The number of piperidine rings is 1. The van der Waals surface area contributed by atoms with Crippen molar-refractivity contribution >= 4 is 130 Å². The molecular formula is C76H81N21O6S. The molecule has 5 N–H and O–H groups in total. The van der Waals surface area contributed by atoms with Crippen molar-refractivity contribution in [1.29, 1.82) is 0 Å². The van der Waals surface area contributed by atoms with Crippen molar-refractivity contribution in [2.75, 3.05) is 146 Å². The molecule has 5 aromatic heterocycles. The standard InChI is InChI=1S/C31H36N8O2.C25H27N7O.C20H18N6O3S/c1-35-14-16-38(17-15-35)22-10-12-37(13-11-22)23-8-9-24(28(19-23)41-3)33-31-32-20-27-29(34-31)39-25-7-5-4-6-21(25)18-26(39)30(40)36(27)2;1-29-11-13-31(14-12-29)19-9-7-18(8-10-19)27-25-26-16-22-23(28-25)32-20-6-4-3-5-17(20)15-21(32)24(33)30(22)2;1-25-17-11-22-20(23-13-6-8-14(9-7-13)30(21,28)29)24-18(17)26-15-5-3-2-4-12(15)10-16(26)19(25)27/h4-9,18-20,22H,10-17H2,1-3H3,(H,32,33,34);3-10,16,21H,11-15H2,1-2H3,(H,26,27,28);2-9,11,16H,10H2,1H3,(H2,21,28,29)(H,22,23,24). The van der Waals surface area contributed by atoms with Crippen molar-refractivity contribution in [3.63, 3.8) is 0 Å². The highest BCUT2D eigenvalue weighted by molar-refractivity contribution is 7.89. The van der Waals surface area contributed by atoms with Crippen LogP contribution in [0.25, 0.3) is 27.6 Å². The lowest BCUT2D eigenvalue weighted by molar-refractivity contribution is -0.120. The summed E-state index contributed by atoms with van der Waals surface area (Å²) in [6.07, 6.45) is 8.73. The molecule has 104 heavy (non-hydrogen) atoms. The molecule has 12 heterocycles. The third kappa shape index (κ3) is 12.7. The molecule has 0 saturated carbocycles. The average Bonchev–Trinajstić information content (AvgIpc) is 1.54. The number of aryl methyl sites for hydroxylation is 1. The van der Waals surface area contributed by atoms with Crippen LogP contribution in [-0.2, 0) is 39.5 Å². The summed E-state index contributed by atoms with van der Waals surface area (Å²) in [5.41, 5.74) is 13.2. The van der Waals surface area contributed by atoms with Crippen LogP contribution in [0.4, 0.5) is 80.7 Å². The summed E-state index contributed by atoms with van der Waals surface area (Å²) in [4.78, 5) is 86.4. The first-order valence-electron chi connectivity index (χ1n) is 35.0. The first-order valence-corrected chi connectivity index (χ1v) is 36.6. The predicted molar refractivity (Wildman–Crippen MR) is 407 cm³/mol. The van der Waals surface area contributed by atoms with Crippen molar-refractivity contribution < 1.29 is 22.7 Å². The number of carbonyl (C=O) groups excluding carboxylic acids is 2. The molecule has 0 radical (unpaired) electrons. The van der Waals surface area contributed by atoms with Crippen LogP contribution >= 0.6 is 0 Å². The molecule has 0 bridgehead atoms. The van der Waals surface area contributed by atoms with Crippen molar-refractivity contribution in [2.45, 2.75) is 48.7 Å². The largest absolute Gasteiger partial charge is 0.494 e. The summed E-state index contributed by atoms with van der Waals surface area (Å²) < 4.78 is 32.2. The van der Waals surface area contributed by atoms with E-state index < -0.39 is 10.0 Å². The van der Waals surface area contributed by atoms with Crippen molar-refractivity contribution in [3.8, 4) is 5.75 Å². The number of primary sulfonamides is 1. The fourth-order valence-electron chi connectivity index (χ4n) is 15.3. The summed E-state index contributed by atoms with van der Waals surface area (Å²) >= 11 is 0. The number of para-hydroxylation sites is 3. The maximum Gasteiger partial charge on any atom is 0.275 e. The Morgan fingerprint density at radius 1 is 0.500 bits per heavy atom. The number of fused-ring (bicyclic) bond motifs is 15. The molecule has 2 amide bonds. The minimum Gasteiger partial charge on any atom is -0.494 e.